The highest BCUT2D eigenvalue weighted by molar-refractivity contribution is 7.13. The van der Waals surface area contributed by atoms with Gasteiger partial charge in [-0.05, 0) is 36.4 Å². The van der Waals surface area contributed by atoms with Crippen molar-refractivity contribution in [2.45, 2.75) is 27.7 Å². The van der Waals surface area contributed by atoms with E-state index in [1.165, 1.54) is 21.6 Å². The Balaban J connectivity index is 0.000000531. The molecule has 1 aromatic heterocycles. The molecule has 0 saturated heterocycles. The van der Waals surface area contributed by atoms with Crippen LogP contribution >= 0.6 is 11.3 Å². The van der Waals surface area contributed by atoms with Crippen molar-refractivity contribution in [1.29, 1.82) is 0 Å². The van der Waals surface area contributed by atoms with Crippen LogP contribution in [0.2, 0.25) is 0 Å². The lowest BCUT2D eigenvalue weighted by atomic mass is 10.1. The SMILES string of the molecule is CC.Cc1ccc(-c2cc(C)cs2)cc1. The van der Waals surface area contributed by atoms with E-state index in [2.05, 4.69) is 49.6 Å². The average Bonchev–Trinajstić information content (AvgIpc) is 2.69. The fourth-order valence-corrected chi connectivity index (χ4v) is 2.21. The van der Waals surface area contributed by atoms with E-state index in [4.69, 9.17) is 0 Å². The molecule has 0 radical (unpaired) electrons. The molecule has 2 aromatic rings. The van der Waals surface area contributed by atoms with Gasteiger partial charge in [-0.25, -0.2) is 0 Å². The third kappa shape index (κ3) is 3.21. The van der Waals surface area contributed by atoms with Crippen molar-refractivity contribution in [1.82, 2.24) is 0 Å². The van der Waals surface area contributed by atoms with Crippen LogP contribution in [0.1, 0.15) is 25.0 Å². The first-order valence-electron chi connectivity index (χ1n) is 5.38. The lowest BCUT2D eigenvalue weighted by Gasteiger charge is -1.96. The molecule has 0 atom stereocenters. The van der Waals surface area contributed by atoms with E-state index < -0.39 is 0 Å². The van der Waals surface area contributed by atoms with Crippen LogP contribution in [0.4, 0.5) is 0 Å². The summed E-state index contributed by atoms with van der Waals surface area (Å²) in [5.41, 5.74) is 3.99. The predicted octanol–water partition coefficient (Wildman–Crippen LogP) is 5.06. The summed E-state index contributed by atoms with van der Waals surface area (Å²) in [4.78, 5) is 1.36. The lowest BCUT2D eigenvalue weighted by Crippen LogP contribution is -1.73. The molecule has 0 aliphatic heterocycles. The molecule has 0 aliphatic carbocycles. The average molecular weight is 218 g/mol. The Kier molecular flexibility index (Phi) is 4.57. The molecule has 2 rings (SSSR count). The maximum atomic E-state index is 2.23. The second kappa shape index (κ2) is 5.72. The first kappa shape index (κ1) is 12.0. The monoisotopic (exact) mass is 218 g/mol. The molecule has 80 valence electrons. The zero-order valence-corrected chi connectivity index (χ0v) is 10.7. The summed E-state index contributed by atoms with van der Waals surface area (Å²) in [5, 5.41) is 2.19. The summed E-state index contributed by atoms with van der Waals surface area (Å²) in [6.07, 6.45) is 0. The Labute approximate surface area is 96.6 Å². The van der Waals surface area contributed by atoms with Gasteiger partial charge in [0.1, 0.15) is 0 Å². The van der Waals surface area contributed by atoms with Gasteiger partial charge >= 0.3 is 0 Å². The van der Waals surface area contributed by atoms with Crippen molar-refractivity contribution in [3.8, 4) is 10.4 Å². The molecule has 0 fully saturated rings. The standard InChI is InChI=1S/C12H12S.C2H6/c1-9-3-5-11(6-4-9)12-7-10(2)8-13-12;1-2/h3-8H,1-2H3;1-2H3. The van der Waals surface area contributed by atoms with Crippen LogP contribution in [0, 0.1) is 13.8 Å². The van der Waals surface area contributed by atoms with E-state index in [9.17, 15) is 0 Å². The lowest BCUT2D eigenvalue weighted by molar-refractivity contribution is 1.47. The van der Waals surface area contributed by atoms with Gasteiger partial charge < -0.3 is 0 Å². The van der Waals surface area contributed by atoms with E-state index in [0.717, 1.165) is 0 Å². The zero-order valence-electron chi connectivity index (χ0n) is 9.87. The molecule has 0 nitrogen and oxygen atoms in total. The van der Waals surface area contributed by atoms with E-state index in [1.807, 2.05) is 25.2 Å². The van der Waals surface area contributed by atoms with E-state index in [0.29, 0.717) is 0 Å². The predicted molar refractivity (Wildman–Crippen MR) is 70.6 cm³/mol. The first-order chi connectivity index (χ1) is 7.25. The van der Waals surface area contributed by atoms with Gasteiger partial charge in [0.2, 0.25) is 0 Å². The number of hydrogen-bond acceptors (Lipinski definition) is 1. The van der Waals surface area contributed by atoms with E-state index >= 15 is 0 Å². The summed E-state index contributed by atoms with van der Waals surface area (Å²) in [7, 11) is 0. The van der Waals surface area contributed by atoms with Crippen LogP contribution in [0.3, 0.4) is 0 Å². The Bertz CT molecular complexity index is 396. The van der Waals surface area contributed by atoms with Gasteiger partial charge in [0, 0.05) is 4.88 Å². The Morgan fingerprint density at radius 2 is 1.47 bits per heavy atom. The molecule has 0 saturated carbocycles. The summed E-state index contributed by atoms with van der Waals surface area (Å²) >= 11 is 1.81. The van der Waals surface area contributed by atoms with Gasteiger partial charge in [-0.15, -0.1) is 11.3 Å². The smallest absolute Gasteiger partial charge is 0.0345 e. The Morgan fingerprint density at radius 1 is 0.867 bits per heavy atom. The molecule has 0 N–H and O–H groups in total. The molecule has 0 spiro atoms. The van der Waals surface area contributed by atoms with Crippen molar-refractivity contribution in [2.24, 2.45) is 0 Å². The summed E-state index contributed by atoms with van der Waals surface area (Å²) in [5.74, 6) is 0. The molecular weight excluding hydrogens is 200 g/mol. The topological polar surface area (TPSA) is 0 Å². The maximum Gasteiger partial charge on any atom is 0.0345 e. The number of aryl methyl sites for hydroxylation is 2. The third-order valence-corrected chi connectivity index (χ3v) is 3.16. The van der Waals surface area contributed by atoms with E-state index in [1.54, 1.807) is 0 Å². The molecule has 0 bridgehead atoms. The fraction of sp³-hybridized carbons (Fsp3) is 0.286. The van der Waals surface area contributed by atoms with Gasteiger partial charge in [0.05, 0.1) is 0 Å². The van der Waals surface area contributed by atoms with Crippen molar-refractivity contribution in [3.05, 3.63) is 46.8 Å². The summed E-state index contributed by atoms with van der Waals surface area (Å²) < 4.78 is 0. The van der Waals surface area contributed by atoms with Gasteiger partial charge in [0.25, 0.3) is 0 Å². The molecule has 0 aliphatic rings. The number of thiophene rings is 1. The fourth-order valence-electron chi connectivity index (χ4n) is 1.30. The third-order valence-electron chi connectivity index (χ3n) is 2.07. The molecule has 0 amide bonds. The Morgan fingerprint density at radius 3 is 1.93 bits per heavy atom. The number of hydrogen-bond donors (Lipinski definition) is 0. The second-order valence-electron chi connectivity index (χ2n) is 3.35. The van der Waals surface area contributed by atoms with Crippen LogP contribution in [0.15, 0.2) is 35.7 Å². The maximum absolute atomic E-state index is 2.23. The minimum Gasteiger partial charge on any atom is -0.144 e. The molecule has 0 unspecified atom stereocenters. The zero-order chi connectivity index (χ0) is 11.3. The first-order valence-corrected chi connectivity index (χ1v) is 6.26. The molecule has 1 heteroatoms. The van der Waals surface area contributed by atoms with Crippen LogP contribution < -0.4 is 0 Å². The minimum absolute atomic E-state index is 1.32. The number of rotatable bonds is 1. The highest BCUT2D eigenvalue weighted by atomic mass is 32.1. The number of benzene rings is 1. The Hall–Kier alpha value is -1.08. The van der Waals surface area contributed by atoms with Crippen LogP contribution in [0.5, 0.6) is 0 Å². The van der Waals surface area contributed by atoms with Crippen LogP contribution in [-0.4, -0.2) is 0 Å². The summed E-state index contributed by atoms with van der Waals surface area (Å²) in [6.45, 7) is 8.25. The highest BCUT2D eigenvalue weighted by Crippen LogP contribution is 2.26. The minimum atomic E-state index is 1.32. The van der Waals surface area contributed by atoms with E-state index in [-0.39, 0.29) is 0 Å². The quantitative estimate of drug-likeness (QED) is 0.627. The van der Waals surface area contributed by atoms with Crippen molar-refractivity contribution in [3.63, 3.8) is 0 Å². The van der Waals surface area contributed by atoms with Crippen LogP contribution in [-0.2, 0) is 0 Å². The van der Waals surface area contributed by atoms with Gasteiger partial charge in [0.15, 0.2) is 0 Å². The van der Waals surface area contributed by atoms with Crippen molar-refractivity contribution < 1.29 is 0 Å². The van der Waals surface area contributed by atoms with Gasteiger partial charge in [-0.2, -0.15) is 0 Å². The largest absolute Gasteiger partial charge is 0.144 e. The van der Waals surface area contributed by atoms with Gasteiger partial charge in [-0.3, -0.25) is 0 Å². The molecular formula is C14H18S. The second-order valence-corrected chi connectivity index (χ2v) is 4.27. The van der Waals surface area contributed by atoms with Crippen molar-refractivity contribution in [2.75, 3.05) is 0 Å². The van der Waals surface area contributed by atoms with Crippen LogP contribution in [0.25, 0.3) is 10.4 Å². The normalized spacial score (nSPS) is 9.33. The molecule has 15 heavy (non-hydrogen) atoms. The van der Waals surface area contributed by atoms with Gasteiger partial charge in [-0.1, -0.05) is 43.7 Å². The molecule has 1 heterocycles. The van der Waals surface area contributed by atoms with Crippen molar-refractivity contribution >= 4 is 11.3 Å². The molecule has 1 aromatic carbocycles. The highest BCUT2D eigenvalue weighted by Gasteiger charge is 1.98. The summed E-state index contributed by atoms with van der Waals surface area (Å²) in [6, 6.07) is 10.9.